The van der Waals surface area contributed by atoms with Crippen LogP contribution in [0.2, 0.25) is 5.02 Å². The number of carbonyl (C=O) groups excluding carboxylic acids is 2. The van der Waals surface area contributed by atoms with Gasteiger partial charge in [-0.1, -0.05) is 11.6 Å². The van der Waals surface area contributed by atoms with Gasteiger partial charge in [0.05, 0.1) is 22.5 Å². The second kappa shape index (κ2) is 8.17. The molecule has 174 valence electrons. The number of aromatic nitrogens is 1. The second-order valence-corrected chi connectivity index (χ2v) is 10.1. The van der Waals surface area contributed by atoms with E-state index in [0.29, 0.717) is 24.4 Å². The van der Waals surface area contributed by atoms with Crippen LogP contribution >= 0.6 is 11.6 Å². The largest absolute Gasteiger partial charge is 0.465 e. The van der Waals surface area contributed by atoms with Crippen LogP contribution in [0.5, 0.6) is 0 Å². The molecule has 4 aliphatic rings. The highest BCUT2D eigenvalue weighted by molar-refractivity contribution is 6.30. The molecule has 1 saturated carbocycles. The number of carboxylic acid groups (broad SMARTS) is 1. The summed E-state index contributed by atoms with van der Waals surface area (Å²) >= 11 is 6.14. The van der Waals surface area contributed by atoms with Crippen molar-refractivity contribution < 1.29 is 19.5 Å². The molecule has 3 amide bonds. The Morgan fingerprint density at radius 3 is 2.70 bits per heavy atom. The molecule has 1 spiro atoms. The summed E-state index contributed by atoms with van der Waals surface area (Å²) in [5.74, 6) is -0.990. The predicted molar refractivity (Wildman–Crippen MR) is 117 cm³/mol. The van der Waals surface area contributed by atoms with Gasteiger partial charge in [-0.2, -0.15) is 5.26 Å². The molecule has 3 saturated heterocycles. The summed E-state index contributed by atoms with van der Waals surface area (Å²) in [6.45, 7) is 0.388. The topological polar surface area (TPSA) is 127 Å². The third-order valence-electron chi connectivity index (χ3n) is 7.89. The molecular formula is C23H26ClN5O4. The van der Waals surface area contributed by atoms with Gasteiger partial charge >= 0.3 is 6.09 Å². The summed E-state index contributed by atoms with van der Waals surface area (Å²) in [7, 11) is 0. The maximum atomic E-state index is 13.9. The van der Waals surface area contributed by atoms with Crippen LogP contribution in [0.25, 0.3) is 0 Å². The Balaban J connectivity index is 1.42. The van der Waals surface area contributed by atoms with E-state index >= 15 is 0 Å². The molecule has 0 bridgehead atoms. The summed E-state index contributed by atoms with van der Waals surface area (Å²) in [5.41, 5.74) is 0.335. The monoisotopic (exact) mass is 471 g/mol. The summed E-state index contributed by atoms with van der Waals surface area (Å²) in [6, 6.07) is 2.75. The molecule has 10 heteroatoms. The highest BCUT2D eigenvalue weighted by Gasteiger charge is 2.64. The van der Waals surface area contributed by atoms with E-state index in [9.17, 15) is 19.6 Å². The molecule has 1 aliphatic carbocycles. The van der Waals surface area contributed by atoms with E-state index in [4.69, 9.17) is 16.7 Å². The molecule has 33 heavy (non-hydrogen) atoms. The van der Waals surface area contributed by atoms with Gasteiger partial charge in [0.1, 0.15) is 12.1 Å². The van der Waals surface area contributed by atoms with Crippen LogP contribution in [-0.4, -0.2) is 68.0 Å². The van der Waals surface area contributed by atoms with Gasteiger partial charge in [-0.15, -0.1) is 0 Å². The van der Waals surface area contributed by atoms with E-state index in [-0.39, 0.29) is 29.7 Å². The van der Waals surface area contributed by atoms with E-state index < -0.39 is 23.7 Å². The molecule has 3 aliphatic heterocycles. The average Bonchev–Trinajstić information content (AvgIpc) is 3.37. The summed E-state index contributed by atoms with van der Waals surface area (Å²) < 4.78 is 0. The number of amides is 3. The van der Waals surface area contributed by atoms with Gasteiger partial charge in [-0.05, 0) is 56.6 Å². The van der Waals surface area contributed by atoms with Crippen LogP contribution in [-0.2, 0) is 9.59 Å². The first-order valence-electron chi connectivity index (χ1n) is 11.5. The van der Waals surface area contributed by atoms with E-state index in [1.807, 2.05) is 4.90 Å². The van der Waals surface area contributed by atoms with Crippen LogP contribution in [0.1, 0.15) is 56.4 Å². The Bertz CT molecular complexity index is 1040. The SMILES string of the molecule is N#C[C@H]1[C@H](c2cncc(Cl)c2)CN(C(=O)[C@@H]2CC[C@@H]3CCC[C@H](NC(=O)O)C(=O)N32)C12CC2. The third kappa shape index (κ3) is 3.61. The molecule has 1 aromatic rings. The zero-order valence-electron chi connectivity index (χ0n) is 18.1. The summed E-state index contributed by atoms with van der Waals surface area (Å²) in [5, 5.41) is 22.0. The van der Waals surface area contributed by atoms with Crippen LogP contribution in [0, 0.1) is 17.2 Å². The smallest absolute Gasteiger partial charge is 0.405 e. The Morgan fingerprint density at radius 1 is 1.24 bits per heavy atom. The van der Waals surface area contributed by atoms with Gasteiger partial charge in [0.2, 0.25) is 11.8 Å². The van der Waals surface area contributed by atoms with Crippen molar-refractivity contribution in [1.29, 1.82) is 5.26 Å². The highest BCUT2D eigenvalue weighted by Crippen LogP contribution is 2.58. The van der Waals surface area contributed by atoms with Crippen molar-refractivity contribution in [1.82, 2.24) is 20.1 Å². The van der Waals surface area contributed by atoms with Crippen LogP contribution in [0.15, 0.2) is 18.5 Å². The second-order valence-electron chi connectivity index (χ2n) is 9.63. The Kier molecular flexibility index (Phi) is 5.44. The van der Waals surface area contributed by atoms with Gasteiger partial charge in [0.25, 0.3) is 0 Å². The zero-order chi connectivity index (χ0) is 23.3. The fourth-order valence-electron chi connectivity index (χ4n) is 6.25. The van der Waals surface area contributed by atoms with Crippen molar-refractivity contribution in [2.45, 2.75) is 74.5 Å². The number of nitrogens with one attached hydrogen (secondary N) is 1. The fraction of sp³-hybridized carbons (Fsp3) is 0.609. The number of nitriles is 1. The van der Waals surface area contributed by atoms with Gasteiger partial charge in [0, 0.05) is 30.9 Å². The lowest BCUT2D eigenvalue weighted by atomic mass is 9.85. The number of halogens is 1. The molecule has 5 rings (SSSR count). The number of carbonyl (C=O) groups is 3. The van der Waals surface area contributed by atoms with Gasteiger partial charge < -0.3 is 20.2 Å². The molecule has 9 nitrogen and oxygen atoms in total. The molecule has 4 heterocycles. The first kappa shape index (κ1) is 22.0. The van der Waals surface area contributed by atoms with Crippen molar-refractivity contribution >= 4 is 29.5 Å². The molecule has 1 aromatic heterocycles. The maximum Gasteiger partial charge on any atom is 0.405 e. The number of pyridine rings is 1. The molecular weight excluding hydrogens is 446 g/mol. The van der Waals surface area contributed by atoms with Crippen LogP contribution in [0.4, 0.5) is 4.79 Å². The van der Waals surface area contributed by atoms with E-state index in [1.165, 1.54) is 0 Å². The van der Waals surface area contributed by atoms with Crippen LogP contribution < -0.4 is 5.32 Å². The first-order chi connectivity index (χ1) is 15.9. The first-order valence-corrected chi connectivity index (χ1v) is 11.9. The lowest BCUT2D eigenvalue weighted by Gasteiger charge is -2.35. The zero-order valence-corrected chi connectivity index (χ0v) is 18.9. The van der Waals surface area contributed by atoms with Crippen LogP contribution in [0.3, 0.4) is 0 Å². The molecule has 2 N–H and O–H groups in total. The Labute approximate surface area is 196 Å². The summed E-state index contributed by atoms with van der Waals surface area (Å²) in [6.07, 6.45) is 6.74. The maximum absolute atomic E-state index is 13.9. The number of hydrogen-bond donors (Lipinski definition) is 2. The normalized spacial score (nSPS) is 32.2. The van der Waals surface area contributed by atoms with Crippen molar-refractivity contribution in [3.8, 4) is 6.07 Å². The van der Waals surface area contributed by atoms with Crippen molar-refractivity contribution in [3.63, 3.8) is 0 Å². The van der Waals surface area contributed by atoms with Crippen molar-refractivity contribution in [3.05, 3.63) is 29.0 Å². The predicted octanol–water partition coefficient (Wildman–Crippen LogP) is 2.51. The minimum Gasteiger partial charge on any atom is -0.465 e. The Hall–Kier alpha value is -2.86. The highest BCUT2D eigenvalue weighted by atomic mass is 35.5. The van der Waals surface area contributed by atoms with E-state index in [2.05, 4.69) is 16.4 Å². The molecule has 0 aromatic carbocycles. The summed E-state index contributed by atoms with van der Waals surface area (Å²) in [4.78, 5) is 46.0. The van der Waals surface area contributed by atoms with Gasteiger partial charge in [-0.25, -0.2) is 4.79 Å². The molecule has 0 unspecified atom stereocenters. The van der Waals surface area contributed by atoms with Crippen molar-refractivity contribution in [2.75, 3.05) is 6.54 Å². The number of nitrogens with zero attached hydrogens (tertiary/aromatic N) is 4. The number of likely N-dealkylation sites (tertiary alicyclic amines) is 1. The molecule has 4 fully saturated rings. The quantitative estimate of drug-likeness (QED) is 0.697. The fourth-order valence-corrected chi connectivity index (χ4v) is 6.43. The van der Waals surface area contributed by atoms with Crippen molar-refractivity contribution in [2.24, 2.45) is 5.92 Å². The van der Waals surface area contributed by atoms with E-state index in [1.54, 1.807) is 23.4 Å². The van der Waals surface area contributed by atoms with E-state index in [0.717, 1.165) is 37.7 Å². The van der Waals surface area contributed by atoms with Gasteiger partial charge in [0.15, 0.2) is 0 Å². The Morgan fingerprint density at radius 2 is 2.03 bits per heavy atom. The standard InChI is InChI=1S/C23H26ClN5O4/c24-14-8-13(10-26-11-14)16-12-28(23(6-7-23)17(16)9-25)21(31)19-5-4-15-2-1-3-18(27-22(32)33)20(30)29(15)19/h8,10-11,15-19,27H,1-7,12H2,(H,32,33)/t15-,16-,17-,18-,19-/m0/s1. The number of rotatable bonds is 3. The lowest BCUT2D eigenvalue weighted by molar-refractivity contribution is -0.147. The molecule has 0 radical (unpaired) electrons. The average molecular weight is 472 g/mol. The van der Waals surface area contributed by atoms with Gasteiger partial charge in [-0.3, -0.25) is 14.6 Å². The third-order valence-corrected chi connectivity index (χ3v) is 8.09. The number of hydrogen-bond acceptors (Lipinski definition) is 5. The lowest BCUT2D eigenvalue weighted by Crippen LogP contribution is -2.56. The number of fused-ring (bicyclic) bond motifs is 1. The minimum absolute atomic E-state index is 0.0514. The molecule has 5 atom stereocenters. The minimum atomic E-state index is -1.24.